The number of rotatable bonds is 5. The molecule has 1 aliphatic carbocycles. The summed E-state index contributed by atoms with van der Waals surface area (Å²) in [5, 5.41) is 12.4. The third-order valence-electron chi connectivity index (χ3n) is 3.08. The number of thiophene rings is 1. The Bertz CT molecular complexity index is 387. The van der Waals surface area contributed by atoms with Gasteiger partial charge in [-0.3, -0.25) is 0 Å². The molecule has 2 rings (SSSR count). The van der Waals surface area contributed by atoms with Crippen LogP contribution in [0.3, 0.4) is 0 Å². The Labute approximate surface area is 101 Å². The van der Waals surface area contributed by atoms with Gasteiger partial charge < -0.3 is 5.32 Å². The number of nitriles is 1. The molecular weight excluding hydrogens is 216 g/mol. The Hall–Kier alpha value is -0.850. The predicted octanol–water partition coefficient (Wildman–Crippen LogP) is 3.46. The number of nitrogens with one attached hydrogen (secondary N) is 1. The van der Waals surface area contributed by atoms with Crippen LogP contribution in [0, 0.1) is 17.2 Å². The van der Waals surface area contributed by atoms with E-state index in [-0.39, 0.29) is 0 Å². The Morgan fingerprint density at radius 1 is 1.50 bits per heavy atom. The number of nitrogens with zero attached hydrogens (tertiary/aromatic N) is 1. The first kappa shape index (κ1) is 11.6. The fourth-order valence-electron chi connectivity index (χ4n) is 2.08. The lowest BCUT2D eigenvalue weighted by atomic mass is 10.1. The van der Waals surface area contributed by atoms with E-state index in [1.807, 2.05) is 6.07 Å². The minimum absolute atomic E-state index is 0.362. The molecule has 1 N–H and O–H groups in total. The Morgan fingerprint density at radius 2 is 2.25 bits per heavy atom. The third-order valence-corrected chi connectivity index (χ3v) is 4.25. The quantitative estimate of drug-likeness (QED) is 0.847. The molecule has 86 valence electrons. The standard InChI is InChI=1S/C13H18N2S/c1-9(7-11-3-4-11)15-10(2)13-6-5-12(8-14)16-13/h5-6,9-11,15H,3-4,7H2,1-2H3. The Balaban J connectivity index is 1.86. The highest BCUT2D eigenvalue weighted by Gasteiger charge is 2.24. The topological polar surface area (TPSA) is 35.8 Å². The summed E-state index contributed by atoms with van der Waals surface area (Å²) in [7, 11) is 0. The smallest absolute Gasteiger partial charge is 0.110 e. The first-order valence-electron chi connectivity index (χ1n) is 5.95. The zero-order chi connectivity index (χ0) is 11.5. The van der Waals surface area contributed by atoms with E-state index in [0.29, 0.717) is 12.1 Å². The highest BCUT2D eigenvalue weighted by atomic mass is 32.1. The van der Waals surface area contributed by atoms with Gasteiger partial charge >= 0.3 is 0 Å². The molecule has 0 radical (unpaired) electrons. The van der Waals surface area contributed by atoms with Crippen molar-refractivity contribution in [1.29, 1.82) is 5.26 Å². The molecule has 2 unspecified atom stereocenters. The first-order chi connectivity index (χ1) is 7.69. The van der Waals surface area contributed by atoms with Gasteiger partial charge in [0, 0.05) is 17.0 Å². The van der Waals surface area contributed by atoms with Crippen molar-refractivity contribution in [3.8, 4) is 6.07 Å². The maximum absolute atomic E-state index is 8.78. The van der Waals surface area contributed by atoms with Gasteiger partial charge in [0.15, 0.2) is 0 Å². The van der Waals surface area contributed by atoms with E-state index in [0.717, 1.165) is 10.8 Å². The van der Waals surface area contributed by atoms with Gasteiger partial charge in [-0.1, -0.05) is 12.8 Å². The van der Waals surface area contributed by atoms with Crippen molar-refractivity contribution in [3.63, 3.8) is 0 Å². The fraction of sp³-hybridized carbons (Fsp3) is 0.615. The van der Waals surface area contributed by atoms with Crippen LogP contribution in [0.4, 0.5) is 0 Å². The molecule has 0 bridgehead atoms. The van der Waals surface area contributed by atoms with Crippen molar-refractivity contribution in [2.45, 2.75) is 45.2 Å². The summed E-state index contributed by atoms with van der Waals surface area (Å²) in [6.45, 7) is 4.43. The summed E-state index contributed by atoms with van der Waals surface area (Å²) < 4.78 is 0. The van der Waals surface area contributed by atoms with E-state index in [1.165, 1.54) is 24.1 Å². The molecule has 16 heavy (non-hydrogen) atoms. The van der Waals surface area contributed by atoms with Crippen molar-refractivity contribution >= 4 is 11.3 Å². The fourth-order valence-corrected chi connectivity index (χ4v) is 2.89. The van der Waals surface area contributed by atoms with E-state index < -0.39 is 0 Å². The molecule has 1 aromatic rings. The van der Waals surface area contributed by atoms with Crippen molar-refractivity contribution in [3.05, 3.63) is 21.9 Å². The second kappa shape index (κ2) is 4.99. The monoisotopic (exact) mass is 234 g/mol. The van der Waals surface area contributed by atoms with Crippen LogP contribution in [0.5, 0.6) is 0 Å². The maximum Gasteiger partial charge on any atom is 0.110 e. The van der Waals surface area contributed by atoms with E-state index >= 15 is 0 Å². The molecular formula is C13H18N2S. The minimum Gasteiger partial charge on any atom is -0.307 e. The molecule has 3 heteroatoms. The van der Waals surface area contributed by atoms with Gasteiger partial charge in [0.1, 0.15) is 10.9 Å². The maximum atomic E-state index is 8.78. The highest BCUT2D eigenvalue weighted by molar-refractivity contribution is 7.12. The van der Waals surface area contributed by atoms with Crippen LogP contribution >= 0.6 is 11.3 Å². The normalized spacial score (nSPS) is 19.1. The van der Waals surface area contributed by atoms with Crippen LogP contribution in [-0.4, -0.2) is 6.04 Å². The first-order valence-corrected chi connectivity index (χ1v) is 6.76. The van der Waals surface area contributed by atoms with Crippen LogP contribution in [0.25, 0.3) is 0 Å². The van der Waals surface area contributed by atoms with Crippen molar-refractivity contribution < 1.29 is 0 Å². The Morgan fingerprint density at radius 3 is 2.81 bits per heavy atom. The van der Waals surface area contributed by atoms with Gasteiger partial charge in [-0.15, -0.1) is 11.3 Å². The number of hydrogen-bond acceptors (Lipinski definition) is 3. The van der Waals surface area contributed by atoms with Gasteiger partial charge in [-0.2, -0.15) is 5.26 Å². The summed E-state index contributed by atoms with van der Waals surface area (Å²) in [5.41, 5.74) is 0. The lowest BCUT2D eigenvalue weighted by molar-refractivity contribution is 0.442. The van der Waals surface area contributed by atoms with Crippen LogP contribution in [-0.2, 0) is 0 Å². The van der Waals surface area contributed by atoms with Crippen LogP contribution in [0.2, 0.25) is 0 Å². The van der Waals surface area contributed by atoms with Crippen LogP contribution in [0.1, 0.15) is 48.9 Å². The molecule has 1 heterocycles. The third kappa shape index (κ3) is 3.07. The Kier molecular flexibility index (Phi) is 3.63. The zero-order valence-corrected chi connectivity index (χ0v) is 10.7. The summed E-state index contributed by atoms with van der Waals surface area (Å²) >= 11 is 1.59. The van der Waals surface area contributed by atoms with E-state index in [4.69, 9.17) is 5.26 Å². The minimum atomic E-state index is 0.362. The largest absolute Gasteiger partial charge is 0.307 e. The molecule has 1 aliphatic rings. The molecule has 0 aromatic carbocycles. The second-order valence-electron chi connectivity index (χ2n) is 4.78. The molecule has 0 aliphatic heterocycles. The predicted molar refractivity (Wildman–Crippen MR) is 67.4 cm³/mol. The van der Waals surface area contributed by atoms with Crippen LogP contribution in [0.15, 0.2) is 12.1 Å². The van der Waals surface area contributed by atoms with Gasteiger partial charge in [-0.25, -0.2) is 0 Å². The average Bonchev–Trinajstić information content (AvgIpc) is 2.93. The average molecular weight is 234 g/mol. The summed E-state index contributed by atoms with van der Waals surface area (Å²) in [4.78, 5) is 2.07. The van der Waals surface area contributed by atoms with Gasteiger partial charge in [0.25, 0.3) is 0 Å². The molecule has 2 atom stereocenters. The molecule has 1 saturated carbocycles. The SMILES string of the molecule is CC(CC1CC1)NC(C)c1ccc(C#N)s1. The lowest BCUT2D eigenvalue weighted by Gasteiger charge is -2.18. The lowest BCUT2D eigenvalue weighted by Crippen LogP contribution is -2.28. The second-order valence-corrected chi connectivity index (χ2v) is 5.90. The number of hydrogen-bond donors (Lipinski definition) is 1. The van der Waals surface area contributed by atoms with E-state index in [1.54, 1.807) is 11.3 Å². The van der Waals surface area contributed by atoms with Crippen molar-refractivity contribution in [1.82, 2.24) is 5.32 Å². The van der Waals surface area contributed by atoms with Gasteiger partial charge in [-0.05, 0) is 38.3 Å². The van der Waals surface area contributed by atoms with Crippen LogP contribution < -0.4 is 5.32 Å². The zero-order valence-electron chi connectivity index (χ0n) is 9.86. The van der Waals surface area contributed by atoms with E-state index in [2.05, 4.69) is 31.3 Å². The summed E-state index contributed by atoms with van der Waals surface area (Å²) in [6, 6.07) is 7.10. The molecule has 0 amide bonds. The van der Waals surface area contributed by atoms with Gasteiger partial charge in [0.2, 0.25) is 0 Å². The van der Waals surface area contributed by atoms with Crippen molar-refractivity contribution in [2.24, 2.45) is 5.92 Å². The summed E-state index contributed by atoms with van der Waals surface area (Å²) in [6.07, 6.45) is 4.12. The van der Waals surface area contributed by atoms with Gasteiger partial charge in [0.05, 0.1) is 0 Å². The van der Waals surface area contributed by atoms with Crippen molar-refractivity contribution in [2.75, 3.05) is 0 Å². The molecule has 2 nitrogen and oxygen atoms in total. The van der Waals surface area contributed by atoms with E-state index in [9.17, 15) is 0 Å². The highest BCUT2D eigenvalue weighted by Crippen LogP contribution is 2.34. The summed E-state index contributed by atoms with van der Waals surface area (Å²) in [5.74, 6) is 0.965. The molecule has 1 aromatic heterocycles. The molecule has 0 saturated heterocycles. The molecule has 0 spiro atoms. The molecule has 1 fully saturated rings.